The summed E-state index contributed by atoms with van der Waals surface area (Å²) in [6.45, 7) is 9.43. The summed E-state index contributed by atoms with van der Waals surface area (Å²) in [4.78, 5) is 0.183. The zero-order valence-electron chi connectivity index (χ0n) is 16.5. The minimum atomic E-state index is -4.04. The minimum Gasteiger partial charge on any atom is -0.358 e. The van der Waals surface area contributed by atoms with Gasteiger partial charge >= 0.3 is 10.1 Å². The lowest BCUT2D eigenvalue weighted by Crippen LogP contribution is -2.15. The summed E-state index contributed by atoms with van der Waals surface area (Å²) in [5, 5.41) is 5.05. The van der Waals surface area contributed by atoms with Crippen LogP contribution in [0.5, 0.6) is 5.88 Å². The maximum Gasteiger partial charge on any atom is 0.341 e. The molecule has 0 saturated carbocycles. The van der Waals surface area contributed by atoms with Crippen LogP contribution in [0.1, 0.15) is 42.1 Å². The van der Waals surface area contributed by atoms with Crippen molar-refractivity contribution in [1.82, 2.24) is 9.78 Å². The van der Waals surface area contributed by atoms with Gasteiger partial charge in [0.25, 0.3) is 0 Å². The Balaban J connectivity index is 2.12. The largest absolute Gasteiger partial charge is 0.358 e. The first-order valence-corrected chi connectivity index (χ1v) is 10.8. The van der Waals surface area contributed by atoms with Gasteiger partial charge in [0.15, 0.2) is 0 Å². The molecule has 3 aromatic rings. The van der Waals surface area contributed by atoms with Crippen LogP contribution in [0.2, 0.25) is 5.02 Å². The Morgan fingerprint density at radius 2 is 1.68 bits per heavy atom. The topological polar surface area (TPSA) is 61.2 Å². The van der Waals surface area contributed by atoms with Crippen molar-refractivity contribution in [2.45, 2.75) is 45.4 Å². The number of nitrogens with zero attached hydrogens (tertiary/aromatic N) is 2. The molecule has 0 amide bonds. The number of hydrogen-bond donors (Lipinski definition) is 0. The highest BCUT2D eigenvalue weighted by molar-refractivity contribution is 7.87. The van der Waals surface area contributed by atoms with E-state index in [1.807, 2.05) is 32.9 Å². The first-order valence-electron chi connectivity index (χ1n) is 8.96. The van der Waals surface area contributed by atoms with E-state index in [-0.39, 0.29) is 16.7 Å². The van der Waals surface area contributed by atoms with Crippen molar-refractivity contribution in [2.24, 2.45) is 0 Å². The molecule has 0 spiro atoms. The molecule has 2 aromatic carbocycles. The van der Waals surface area contributed by atoms with Crippen LogP contribution in [0.3, 0.4) is 0 Å². The molecule has 1 heterocycles. The van der Waals surface area contributed by atoms with Crippen molar-refractivity contribution < 1.29 is 12.6 Å². The van der Waals surface area contributed by atoms with E-state index < -0.39 is 10.1 Å². The van der Waals surface area contributed by atoms with Crippen molar-refractivity contribution in [2.75, 3.05) is 0 Å². The second-order valence-corrected chi connectivity index (χ2v) is 9.14. The molecule has 1 aromatic heterocycles. The molecule has 0 bridgehead atoms. The summed E-state index contributed by atoms with van der Waals surface area (Å²) >= 11 is 6.10. The van der Waals surface area contributed by atoms with Crippen LogP contribution in [0.4, 0.5) is 0 Å². The molecular formula is C21H23ClN2O3S. The van der Waals surface area contributed by atoms with Gasteiger partial charge in [-0.25, -0.2) is 0 Å². The molecule has 28 heavy (non-hydrogen) atoms. The van der Waals surface area contributed by atoms with E-state index in [1.54, 1.807) is 44.2 Å². The number of rotatable bonds is 5. The first-order chi connectivity index (χ1) is 13.1. The number of benzene rings is 2. The van der Waals surface area contributed by atoms with Crippen LogP contribution in [0.25, 0.3) is 5.69 Å². The van der Waals surface area contributed by atoms with Crippen molar-refractivity contribution in [3.63, 3.8) is 0 Å². The lowest BCUT2D eigenvalue weighted by atomic mass is 10.1. The zero-order valence-corrected chi connectivity index (χ0v) is 18.1. The summed E-state index contributed by atoms with van der Waals surface area (Å²) in [5.41, 5.74) is 3.65. The van der Waals surface area contributed by atoms with Crippen LogP contribution in [0, 0.1) is 20.8 Å². The second kappa shape index (κ2) is 7.60. The Hall–Kier alpha value is -2.31. The molecule has 0 aliphatic carbocycles. The summed E-state index contributed by atoms with van der Waals surface area (Å²) in [6.07, 6.45) is 0. The number of hydrogen-bond acceptors (Lipinski definition) is 4. The summed E-state index contributed by atoms with van der Waals surface area (Å²) in [7, 11) is -4.04. The SMILES string of the molecule is Cc1cc(C)c(S(=O)(=O)Oc2cc(C(C)C)nn2-c2cccc(Cl)c2)c(C)c1. The third kappa shape index (κ3) is 4.08. The van der Waals surface area contributed by atoms with Gasteiger partial charge in [0.1, 0.15) is 4.90 Å². The average Bonchev–Trinajstić information content (AvgIpc) is 2.96. The lowest BCUT2D eigenvalue weighted by Gasteiger charge is -2.13. The molecule has 0 fully saturated rings. The molecule has 0 aliphatic heterocycles. The maximum atomic E-state index is 13.1. The Morgan fingerprint density at radius 3 is 2.25 bits per heavy atom. The van der Waals surface area contributed by atoms with Crippen LogP contribution < -0.4 is 4.18 Å². The van der Waals surface area contributed by atoms with E-state index in [0.717, 1.165) is 11.3 Å². The molecule has 0 radical (unpaired) electrons. The summed E-state index contributed by atoms with van der Waals surface area (Å²) in [5.74, 6) is 0.235. The average molecular weight is 419 g/mol. The minimum absolute atomic E-state index is 0.105. The van der Waals surface area contributed by atoms with Crippen LogP contribution in [0.15, 0.2) is 47.4 Å². The van der Waals surface area contributed by atoms with Gasteiger partial charge in [0, 0.05) is 11.1 Å². The van der Waals surface area contributed by atoms with Gasteiger partial charge in [-0.05, 0) is 56.0 Å². The fraction of sp³-hybridized carbons (Fsp3) is 0.286. The standard InChI is InChI=1S/C21H23ClN2O3S/c1-13(2)19-12-20(24(23-19)18-8-6-7-17(22)11-18)27-28(25,26)21-15(4)9-14(3)10-16(21)5/h6-13H,1-5H3. The lowest BCUT2D eigenvalue weighted by molar-refractivity contribution is 0.464. The Kier molecular flexibility index (Phi) is 5.55. The molecular weight excluding hydrogens is 396 g/mol. The highest BCUT2D eigenvalue weighted by Crippen LogP contribution is 2.30. The van der Waals surface area contributed by atoms with Gasteiger partial charge in [0.05, 0.1) is 11.4 Å². The van der Waals surface area contributed by atoms with E-state index >= 15 is 0 Å². The third-order valence-electron chi connectivity index (χ3n) is 4.39. The fourth-order valence-electron chi connectivity index (χ4n) is 3.23. The quantitative estimate of drug-likeness (QED) is 0.524. The molecule has 7 heteroatoms. The molecule has 3 rings (SSSR count). The van der Waals surface area contributed by atoms with Crippen molar-refractivity contribution in [1.29, 1.82) is 0 Å². The van der Waals surface area contributed by atoms with E-state index in [0.29, 0.717) is 21.8 Å². The monoisotopic (exact) mass is 418 g/mol. The highest BCUT2D eigenvalue weighted by Gasteiger charge is 2.25. The van der Waals surface area contributed by atoms with Crippen molar-refractivity contribution >= 4 is 21.7 Å². The molecule has 0 saturated heterocycles. The first kappa shape index (κ1) is 20.4. The molecule has 0 unspecified atom stereocenters. The van der Waals surface area contributed by atoms with Gasteiger partial charge in [0.2, 0.25) is 5.88 Å². The molecule has 0 N–H and O–H groups in total. The Morgan fingerprint density at radius 1 is 1.04 bits per heavy atom. The van der Waals surface area contributed by atoms with Crippen molar-refractivity contribution in [3.8, 4) is 11.6 Å². The van der Waals surface area contributed by atoms with Gasteiger partial charge in [-0.15, -0.1) is 0 Å². The smallest absolute Gasteiger partial charge is 0.341 e. The van der Waals surface area contributed by atoms with Crippen LogP contribution in [-0.2, 0) is 10.1 Å². The third-order valence-corrected chi connectivity index (χ3v) is 6.16. The van der Waals surface area contributed by atoms with E-state index in [1.165, 1.54) is 4.68 Å². The highest BCUT2D eigenvalue weighted by atomic mass is 35.5. The van der Waals surface area contributed by atoms with E-state index in [9.17, 15) is 8.42 Å². The molecule has 0 aliphatic rings. The predicted octanol–water partition coefficient (Wildman–Crippen LogP) is 5.34. The number of aromatic nitrogens is 2. The van der Waals surface area contributed by atoms with Gasteiger partial charge in [-0.1, -0.05) is 49.2 Å². The maximum absolute atomic E-state index is 13.1. The molecule has 0 atom stereocenters. The van der Waals surface area contributed by atoms with Gasteiger partial charge < -0.3 is 4.18 Å². The second-order valence-electron chi connectivity index (χ2n) is 7.22. The summed E-state index contributed by atoms with van der Waals surface area (Å²) < 4.78 is 33.2. The van der Waals surface area contributed by atoms with Crippen molar-refractivity contribution in [3.05, 3.63) is 69.9 Å². The Labute approximate surface area is 171 Å². The van der Waals surface area contributed by atoms with Crippen LogP contribution in [-0.4, -0.2) is 18.2 Å². The van der Waals surface area contributed by atoms with Gasteiger partial charge in [-0.2, -0.15) is 18.2 Å². The number of halogens is 1. The van der Waals surface area contributed by atoms with E-state index in [2.05, 4.69) is 5.10 Å². The number of aryl methyl sites for hydroxylation is 3. The molecule has 5 nitrogen and oxygen atoms in total. The predicted molar refractivity (Wildman–Crippen MR) is 111 cm³/mol. The molecule has 148 valence electrons. The zero-order chi connectivity index (χ0) is 20.6. The Bertz CT molecular complexity index is 1110. The normalized spacial score (nSPS) is 11.8. The van der Waals surface area contributed by atoms with Gasteiger partial charge in [-0.3, -0.25) is 0 Å². The fourth-order valence-corrected chi connectivity index (χ4v) is 4.75. The summed E-state index contributed by atoms with van der Waals surface area (Å²) in [6, 6.07) is 12.3. The van der Waals surface area contributed by atoms with Crippen LogP contribution >= 0.6 is 11.6 Å². The van der Waals surface area contributed by atoms with E-state index in [4.69, 9.17) is 15.8 Å².